The van der Waals surface area contributed by atoms with E-state index in [0.717, 1.165) is 22.3 Å². The molecule has 2 heterocycles. The molecule has 0 unspecified atom stereocenters. The Balaban J connectivity index is 2.10. The molecule has 4 heteroatoms. The normalized spacial score (nSPS) is 12.4. The van der Waals surface area contributed by atoms with Gasteiger partial charge in [0.2, 0.25) is 0 Å². The molecule has 2 aromatic heterocycles. The van der Waals surface area contributed by atoms with E-state index in [1.54, 1.807) is 0 Å². The third-order valence-electron chi connectivity index (χ3n) is 8.65. The Morgan fingerprint density at radius 3 is 2.00 bits per heavy atom. The molecule has 36 heavy (non-hydrogen) atoms. The predicted molar refractivity (Wildman–Crippen MR) is 147 cm³/mol. The van der Waals surface area contributed by atoms with Gasteiger partial charge in [0, 0.05) is 21.9 Å². The molecule has 0 N–H and O–H groups in total. The highest BCUT2D eigenvalue weighted by atomic mass is 19.1. The van der Waals surface area contributed by atoms with Gasteiger partial charge in [0.05, 0.1) is 16.9 Å². The van der Waals surface area contributed by atoms with Crippen molar-refractivity contribution in [2.75, 3.05) is 0 Å². The smallest absolute Gasteiger partial charge is 0.146 e. The zero-order valence-corrected chi connectivity index (χ0v) is 22.5. The van der Waals surface area contributed by atoms with E-state index in [-0.39, 0.29) is 12.8 Å². The van der Waals surface area contributed by atoms with Gasteiger partial charge in [-0.05, 0) is 106 Å². The van der Waals surface area contributed by atoms with Crippen molar-refractivity contribution in [2.24, 2.45) is 0 Å². The molecule has 3 aromatic carbocycles. The number of hydrogen-bond acceptors (Lipinski definition) is 1. The summed E-state index contributed by atoms with van der Waals surface area (Å²) in [5, 5.41) is 2.30. The van der Waals surface area contributed by atoms with Crippen molar-refractivity contribution in [2.45, 2.75) is 73.9 Å². The van der Waals surface area contributed by atoms with Crippen LogP contribution in [0.3, 0.4) is 0 Å². The summed E-state index contributed by atoms with van der Waals surface area (Å²) >= 11 is 0. The molecule has 5 rings (SSSR count). The highest BCUT2D eigenvalue weighted by Gasteiger charge is 2.33. The van der Waals surface area contributed by atoms with E-state index in [1.807, 2.05) is 39.0 Å². The minimum atomic E-state index is -1.65. The van der Waals surface area contributed by atoms with Crippen LogP contribution in [0, 0.1) is 47.4 Å². The molecule has 0 saturated carbocycles. The van der Waals surface area contributed by atoms with Crippen LogP contribution in [0.1, 0.15) is 65.8 Å². The summed E-state index contributed by atoms with van der Waals surface area (Å²) < 4.78 is 33.5. The number of aryl methyl sites for hydroxylation is 1. The fraction of sp³-hybridized carbons (Fsp3) is 0.344. The molecule has 0 aliphatic heterocycles. The second-order valence-corrected chi connectivity index (χ2v) is 10.3. The van der Waals surface area contributed by atoms with Gasteiger partial charge >= 0.3 is 0 Å². The Morgan fingerprint density at radius 2 is 1.39 bits per heavy atom. The standard InChI is InChI=1S/C32H34F2N2/c1-9-32(34,10-2)26-16-23(33)15-25-24-13-11-12-14-27(24)36-30(22(8)35-31(36)29(25)26)28-20(6)18(4)17(3)19(5)21(28)7/h11-16H,9-10H2,1-8H3. The Bertz CT molecular complexity index is 1660. The summed E-state index contributed by atoms with van der Waals surface area (Å²) in [7, 11) is 0. The molecule has 0 saturated heterocycles. The lowest BCUT2D eigenvalue weighted by Gasteiger charge is -2.25. The number of aromatic nitrogens is 2. The van der Waals surface area contributed by atoms with E-state index < -0.39 is 11.5 Å². The van der Waals surface area contributed by atoms with Crippen molar-refractivity contribution in [1.82, 2.24) is 9.38 Å². The van der Waals surface area contributed by atoms with Gasteiger partial charge in [-0.15, -0.1) is 0 Å². The Hall–Kier alpha value is -3.27. The maximum absolute atomic E-state index is 16.3. The first-order chi connectivity index (χ1) is 17.1. The van der Waals surface area contributed by atoms with Crippen molar-refractivity contribution >= 4 is 27.3 Å². The second-order valence-electron chi connectivity index (χ2n) is 10.3. The maximum atomic E-state index is 16.3. The number of benzene rings is 3. The molecule has 0 amide bonds. The van der Waals surface area contributed by atoms with Gasteiger partial charge < -0.3 is 0 Å². The van der Waals surface area contributed by atoms with Crippen molar-refractivity contribution in [3.8, 4) is 11.3 Å². The SMILES string of the molecule is CCC(F)(CC)c1cc(F)cc2c3ccccc3n3c(-c4c(C)c(C)c(C)c(C)c4C)c(C)nc3c12. The highest BCUT2D eigenvalue weighted by molar-refractivity contribution is 6.14. The van der Waals surface area contributed by atoms with Gasteiger partial charge in [-0.2, -0.15) is 0 Å². The summed E-state index contributed by atoms with van der Waals surface area (Å²) in [4.78, 5) is 5.08. The van der Waals surface area contributed by atoms with Crippen LogP contribution in [0.15, 0.2) is 36.4 Å². The van der Waals surface area contributed by atoms with E-state index in [4.69, 9.17) is 4.98 Å². The number of nitrogens with zero attached hydrogens (tertiary/aromatic N) is 2. The molecule has 2 nitrogen and oxygen atoms in total. The molecule has 0 fully saturated rings. The number of rotatable bonds is 4. The first kappa shape index (κ1) is 24.4. The van der Waals surface area contributed by atoms with Gasteiger partial charge in [-0.1, -0.05) is 32.0 Å². The van der Waals surface area contributed by atoms with Gasteiger partial charge in [0.25, 0.3) is 0 Å². The van der Waals surface area contributed by atoms with Crippen molar-refractivity contribution in [3.63, 3.8) is 0 Å². The minimum absolute atomic E-state index is 0.266. The summed E-state index contributed by atoms with van der Waals surface area (Å²) in [6.45, 7) is 16.5. The molecule has 0 aliphatic rings. The van der Waals surface area contributed by atoms with Gasteiger partial charge in [0.15, 0.2) is 0 Å². The molecular formula is C32H34F2N2. The van der Waals surface area contributed by atoms with Crippen molar-refractivity contribution in [3.05, 3.63) is 81.3 Å². The van der Waals surface area contributed by atoms with Gasteiger partial charge in [-0.3, -0.25) is 4.40 Å². The van der Waals surface area contributed by atoms with Crippen molar-refractivity contribution in [1.29, 1.82) is 0 Å². The number of fused-ring (bicyclic) bond motifs is 6. The van der Waals surface area contributed by atoms with E-state index >= 15 is 8.78 Å². The van der Waals surface area contributed by atoms with Crippen LogP contribution in [0.4, 0.5) is 8.78 Å². The Morgan fingerprint density at radius 1 is 0.806 bits per heavy atom. The lowest BCUT2D eigenvalue weighted by Crippen LogP contribution is -2.19. The zero-order valence-electron chi connectivity index (χ0n) is 22.5. The maximum Gasteiger partial charge on any atom is 0.146 e. The van der Waals surface area contributed by atoms with Crippen LogP contribution in [0.5, 0.6) is 0 Å². The molecule has 5 aromatic rings. The monoisotopic (exact) mass is 484 g/mol. The molecule has 0 radical (unpaired) electrons. The number of halogens is 2. The van der Waals surface area contributed by atoms with E-state index in [0.29, 0.717) is 22.0 Å². The van der Waals surface area contributed by atoms with Crippen LogP contribution < -0.4 is 0 Å². The summed E-state index contributed by atoms with van der Waals surface area (Å²) in [6, 6.07) is 10.9. The molecular weight excluding hydrogens is 450 g/mol. The Kier molecular flexibility index (Phi) is 5.70. The van der Waals surface area contributed by atoms with Gasteiger partial charge in [0.1, 0.15) is 17.1 Å². The number of para-hydroxylation sites is 1. The fourth-order valence-corrected chi connectivity index (χ4v) is 6.02. The predicted octanol–water partition coefficient (Wildman–Crippen LogP) is 9.28. The van der Waals surface area contributed by atoms with Crippen LogP contribution in [-0.2, 0) is 5.67 Å². The average molecular weight is 485 g/mol. The molecule has 0 spiro atoms. The van der Waals surface area contributed by atoms with Crippen molar-refractivity contribution < 1.29 is 8.78 Å². The first-order valence-corrected chi connectivity index (χ1v) is 12.8. The lowest BCUT2D eigenvalue weighted by atomic mass is 9.86. The quantitative estimate of drug-likeness (QED) is 0.232. The van der Waals surface area contributed by atoms with Crippen LogP contribution in [0.2, 0.25) is 0 Å². The number of pyridine rings is 1. The first-order valence-electron chi connectivity index (χ1n) is 12.8. The number of imidazole rings is 1. The zero-order chi connectivity index (χ0) is 26.1. The van der Waals surface area contributed by atoms with Crippen LogP contribution in [-0.4, -0.2) is 9.38 Å². The molecule has 0 aliphatic carbocycles. The summed E-state index contributed by atoms with van der Waals surface area (Å²) in [6.07, 6.45) is 0.532. The van der Waals surface area contributed by atoms with E-state index in [2.05, 4.69) is 45.1 Å². The van der Waals surface area contributed by atoms with E-state index in [9.17, 15) is 0 Å². The van der Waals surface area contributed by atoms with Crippen LogP contribution in [0.25, 0.3) is 38.6 Å². The topological polar surface area (TPSA) is 17.3 Å². The summed E-state index contributed by atoms with van der Waals surface area (Å²) in [5.74, 6) is -0.420. The third kappa shape index (κ3) is 3.23. The molecule has 186 valence electrons. The number of alkyl halides is 1. The third-order valence-corrected chi connectivity index (χ3v) is 8.65. The lowest BCUT2D eigenvalue weighted by molar-refractivity contribution is 0.153. The van der Waals surface area contributed by atoms with E-state index in [1.165, 1.54) is 45.5 Å². The second kappa shape index (κ2) is 8.40. The molecule has 0 bridgehead atoms. The largest absolute Gasteiger partial charge is 0.291 e. The fourth-order valence-electron chi connectivity index (χ4n) is 6.02. The summed E-state index contributed by atoms with van der Waals surface area (Å²) in [5.41, 5.74) is 9.76. The average Bonchev–Trinajstić information content (AvgIpc) is 3.22. The van der Waals surface area contributed by atoms with Gasteiger partial charge in [-0.25, -0.2) is 13.8 Å². The number of hydrogen-bond donors (Lipinski definition) is 0. The minimum Gasteiger partial charge on any atom is -0.291 e. The van der Waals surface area contributed by atoms with Crippen LogP contribution >= 0.6 is 0 Å². The Labute approximate surface area is 212 Å². The highest BCUT2D eigenvalue weighted by Crippen LogP contribution is 2.44. The molecule has 0 atom stereocenters.